The lowest BCUT2D eigenvalue weighted by molar-refractivity contribution is 0.310. The average Bonchev–Trinajstić information content (AvgIpc) is 3.09. The maximum absolute atomic E-state index is 6.64. The monoisotopic (exact) mass is 710 g/mol. The number of hydrogen-bond donors (Lipinski definition) is 0. The van der Waals surface area contributed by atoms with Crippen molar-refractivity contribution < 1.29 is 18.9 Å². The lowest BCUT2D eigenvalue weighted by atomic mass is 9.91. The highest BCUT2D eigenvalue weighted by Gasteiger charge is 2.22. The third kappa shape index (κ3) is 9.15. The molecule has 0 heterocycles. The highest BCUT2D eigenvalue weighted by molar-refractivity contribution is 7.80. The first-order chi connectivity index (χ1) is 24.2. The van der Waals surface area contributed by atoms with Crippen molar-refractivity contribution in [3.05, 3.63) is 117 Å². The predicted molar refractivity (Wildman–Crippen MR) is 212 cm³/mol. The molecule has 0 unspecified atom stereocenters. The van der Waals surface area contributed by atoms with Gasteiger partial charge in [0.25, 0.3) is 0 Å². The van der Waals surface area contributed by atoms with Crippen LogP contribution < -0.4 is 18.9 Å². The number of thiocarbonyl (C=S) groups is 2. The van der Waals surface area contributed by atoms with Gasteiger partial charge in [0.15, 0.2) is 0 Å². The second-order valence-corrected chi connectivity index (χ2v) is 14.1. The number of nitrogens with zero attached hydrogens (tertiary/aromatic N) is 2. The number of benzene rings is 4. The van der Waals surface area contributed by atoms with E-state index in [1.54, 1.807) is 0 Å². The van der Waals surface area contributed by atoms with Crippen molar-refractivity contribution in [1.29, 1.82) is 0 Å². The van der Waals surface area contributed by atoms with E-state index in [1.807, 2.05) is 38.0 Å². The molecule has 0 N–H and O–H groups in total. The molecule has 0 spiro atoms. The van der Waals surface area contributed by atoms with Gasteiger partial charge in [-0.15, -0.1) is 0 Å². The van der Waals surface area contributed by atoms with Crippen LogP contribution in [-0.2, 0) is 25.7 Å². The summed E-state index contributed by atoms with van der Waals surface area (Å²) in [5.41, 5.74) is 8.80. The highest BCUT2D eigenvalue weighted by Crippen LogP contribution is 2.39. The van der Waals surface area contributed by atoms with Crippen molar-refractivity contribution in [3.63, 3.8) is 0 Å². The molecule has 0 amide bonds. The lowest BCUT2D eigenvalue weighted by Crippen LogP contribution is -2.26. The molecular formula is C42H50N2O4S2. The average molecular weight is 711 g/mol. The quantitative estimate of drug-likeness (QED) is 0.120. The second kappa shape index (κ2) is 17.7. The Bertz CT molecular complexity index is 1590. The first-order valence-electron chi connectivity index (χ1n) is 17.5. The Morgan fingerprint density at radius 1 is 0.460 bits per heavy atom. The zero-order valence-corrected chi connectivity index (χ0v) is 32.0. The van der Waals surface area contributed by atoms with Crippen LogP contribution in [0.4, 0.5) is 0 Å². The van der Waals surface area contributed by atoms with Crippen molar-refractivity contribution in [2.24, 2.45) is 0 Å². The molecule has 0 atom stereocenters. The molecule has 4 aromatic rings. The van der Waals surface area contributed by atoms with E-state index in [4.69, 9.17) is 43.4 Å². The molecule has 5 rings (SSSR count). The van der Waals surface area contributed by atoms with E-state index in [0.29, 0.717) is 52.1 Å². The number of hydrogen-bond acceptors (Lipinski definition) is 6. The minimum atomic E-state index is 0.319. The zero-order valence-electron chi connectivity index (χ0n) is 30.3. The van der Waals surface area contributed by atoms with Gasteiger partial charge in [-0.2, -0.15) is 0 Å². The fourth-order valence-corrected chi connectivity index (χ4v) is 6.28. The highest BCUT2D eigenvalue weighted by atomic mass is 32.1. The minimum absolute atomic E-state index is 0.319. The Hall–Kier alpha value is -4.14. The summed E-state index contributed by atoms with van der Waals surface area (Å²) in [4.78, 5) is 5.33. The molecule has 4 aromatic carbocycles. The van der Waals surface area contributed by atoms with Crippen LogP contribution in [0.2, 0.25) is 0 Å². The van der Waals surface area contributed by atoms with E-state index >= 15 is 0 Å². The normalized spacial score (nSPS) is 12.1. The van der Waals surface area contributed by atoms with Crippen molar-refractivity contribution in [1.82, 2.24) is 9.80 Å². The number of rotatable bonds is 12. The van der Waals surface area contributed by atoms with Crippen LogP contribution in [0.3, 0.4) is 0 Å². The Balaban J connectivity index is 1.73. The van der Waals surface area contributed by atoms with Crippen molar-refractivity contribution in [2.45, 2.75) is 52.4 Å². The SMILES string of the molecule is CCCOc1c2cccc1Cc1cccc(c1OCC(=S)N(C)C)Cc1cccc(c1OCCC)Cc1cccc(c1OCC(=S)N(C)C)C2. The van der Waals surface area contributed by atoms with E-state index in [0.717, 1.165) is 90.3 Å². The minimum Gasteiger partial charge on any atom is -0.493 e. The van der Waals surface area contributed by atoms with E-state index < -0.39 is 0 Å². The first kappa shape index (κ1) is 37.1. The molecule has 0 aromatic heterocycles. The molecule has 8 bridgehead atoms. The molecule has 8 heteroatoms. The number of fused-ring (bicyclic) bond motifs is 8. The number of ether oxygens (including phenoxy) is 4. The van der Waals surface area contributed by atoms with Gasteiger partial charge in [0.1, 0.15) is 46.2 Å². The molecule has 1 aliphatic rings. The summed E-state index contributed by atoms with van der Waals surface area (Å²) in [5.74, 6) is 3.56. The van der Waals surface area contributed by atoms with Crippen LogP contribution in [-0.4, -0.2) is 74.4 Å². The van der Waals surface area contributed by atoms with Gasteiger partial charge in [0.2, 0.25) is 0 Å². The molecule has 1 aliphatic carbocycles. The second-order valence-electron chi connectivity index (χ2n) is 13.2. The maximum Gasteiger partial charge on any atom is 0.138 e. The van der Waals surface area contributed by atoms with Gasteiger partial charge < -0.3 is 28.7 Å². The van der Waals surface area contributed by atoms with Crippen LogP contribution in [0.15, 0.2) is 72.8 Å². The fourth-order valence-electron chi connectivity index (χ4n) is 6.16. The Morgan fingerprint density at radius 2 is 0.700 bits per heavy atom. The number of likely N-dealkylation sites (N-methyl/N-ethyl adjacent to an activating group) is 2. The molecule has 6 nitrogen and oxygen atoms in total. The molecule has 0 fully saturated rings. The predicted octanol–water partition coefficient (Wildman–Crippen LogP) is 8.48. The molecule has 0 saturated carbocycles. The summed E-state index contributed by atoms with van der Waals surface area (Å²) in [6, 6.07) is 25.8. The van der Waals surface area contributed by atoms with Crippen molar-refractivity contribution in [3.8, 4) is 23.0 Å². The van der Waals surface area contributed by atoms with Crippen LogP contribution in [0, 0.1) is 0 Å². The summed E-state index contributed by atoms with van der Waals surface area (Å²) in [7, 11) is 7.82. The Labute approximate surface area is 309 Å². The van der Waals surface area contributed by atoms with Crippen molar-refractivity contribution >= 4 is 34.4 Å². The van der Waals surface area contributed by atoms with Crippen molar-refractivity contribution in [2.75, 3.05) is 54.6 Å². The van der Waals surface area contributed by atoms with E-state index in [1.165, 1.54) is 0 Å². The van der Waals surface area contributed by atoms with Gasteiger partial charge in [-0.1, -0.05) is 111 Å². The maximum atomic E-state index is 6.64. The van der Waals surface area contributed by atoms with Gasteiger partial charge >= 0.3 is 0 Å². The molecule has 50 heavy (non-hydrogen) atoms. The van der Waals surface area contributed by atoms with Crippen LogP contribution in [0.25, 0.3) is 0 Å². The third-order valence-corrected chi connectivity index (χ3v) is 9.78. The summed E-state index contributed by atoms with van der Waals surface area (Å²) in [5, 5.41) is 0. The van der Waals surface area contributed by atoms with E-state index in [9.17, 15) is 0 Å². The molecule has 0 aliphatic heterocycles. The topological polar surface area (TPSA) is 43.4 Å². The molecule has 0 radical (unpaired) electrons. The smallest absolute Gasteiger partial charge is 0.138 e. The summed E-state index contributed by atoms with van der Waals surface area (Å²) < 4.78 is 26.4. The summed E-state index contributed by atoms with van der Waals surface area (Å²) in [6.45, 7) is 6.17. The van der Waals surface area contributed by atoms with Gasteiger partial charge in [-0.3, -0.25) is 0 Å². The standard InChI is InChI=1S/C42H50N2O4S2/c1-7-21-45-39-29-13-9-14-30(39)24-34-18-12-20-36(42(34)48-28-38(50)44(5)6)26-32-16-10-15-31(40(32)46-22-8-2)25-35-19-11-17-33(23-29)41(35)47-27-37(49)43(3)4/h9-20H,7-8,21-28H2,1-6H3. The zero-order chi connectivity index (χ0) is 35.6. The van der Waals surface area contributed by atoms with Crippen LogP contribution in [0.1, 0.15) is 71.2 Å². The van der Waals surface area contributed by atoms with E-state index in [2.05, 4.69) is 86.6 Å². The molecule has 0 saturated heterocycles. The molecular weight excluding hydrogens is 661 g/mol. The largest absolute Gasteiger partial charge is 0.493 e. The van der Waals surface area contributed by atoms with E-state index in [-0.39, 0.29) is 0 Å². The fraction of sp³-hybridized carbons (Fsp3) is 0.381. The van der Waals surface area contributed by atoms with Gasteiger partial charge in [-0.25, -0.2) is 0 Å². The summed E-state index contributed by atoms with van der Waals surface area (Å²) in [6.07, 6.45) is 4.39. The van der Waals surface area contributed by atoms with Crippen LogP contribution >= 0.6 is 24.4 Å². The summed E-state index contributed by atoms with van der Waals surface area (Å²) >= 11 is 11.3. The Kier molecular flexibility index (Phi) is 13.1. The van der Waals surface area contributed by atoms with Crippen LogP contribution in [0.5, 0.6) is 23.0 Å². The number of para-hydroxylation sites is 4. The third-order valence-electron chi connectivity index (χ3n) is 8.81. The van der Waals surface area contributed by atoms with Gasteiger partial charge in [-0.05, 0) is 57.3 Å². The molecule has 264 valence electrons. The lowest BCUT2D eigenvalue weighted by Gasteiger charge is -2.23. The Morgan fingerprint density at radius 3 is 0.920 bits per heavy atom. The van der Waals surface area contributed by atoms with Gasteiger partial charge in [0.05, 0.1) is 13.2 Å². The van der Waals surface area contributed by atoms with Gasteiger partial charge in [0, 0.05) is 53.9 Å². The first-order valence-corrected chi connectivity index (χ1v) is 18.4.